The third-order valence-electron chi connectivity index (χ3n) is 5.43. The molecule has 1 amide bonds. The predicted octanol–water partition coefficient (Wildman–Crippen LogP) is 0.977. The molecule has 0 radical (unpaired) electrons. The summed E-state index contributed by atoms with van der Waals surface area (Å²) in [5, 5.41) is 2.65. The maximum Gasteiger partial charge on any atom is 0.490 e. The van der Waals surface area contributed by atoms with Gasteiger partial charge in [0.25, 0.3) is 5.91 Å². The van der Waals surface area contributed by atoms with Crippen molar-refractivity contribution in [1.82, 2.24) is 19.5 Å². The maximum absolute atomic E-state index is 12.7. The number of ether oxygens (including phenoxy) is 2. The summed E-state index contributed by atoms with van der Waals surface area (Å²) in [5.41, 5.74) is 0.775. The monoisotopic (exact) mass is 640 g/mol. The number of benzene rings is 1. The van der Waals surface area contributed by atoms with E-state index in [0.29, 0.717) is 11.3 Å². The topological polar surface area (TPSA) is 286 Å². The Morgan fingerprint density at radius 1 is 1.10 bits per heavy atom. The van der Waals surface area contributed by atoms with Gasteiger partial charge in [-0.2, -0.15) is 8.62 Å². The molecule has 1 aliphatic rings. The van der Waals surface area contributed by atoms with Crippen LogP contribution >= 0.6 is 23.5 Å². The van der Waals surface area contributed by atoms with Crippen molar-refractivity contribution in [2.24, 2.45) is 5.90 Å². The summed E-state index contributed by atoms with van der Waals surface area (Å²) in [6.07, 6.45) is -0.398. The average molecular weight is 640 g/mol. The van der Waals surface area contributed by atoms with Crippen LogP contribution in [-0.2, 0) is 36.4 Å². The van der Waals surface area contributed by atoms with Crippen LogP contribution in [0.15, 0.2) is 36.9 Å². The summed E-state index contributed by atoms with van der Waals surface area (Å²) in [6.45, 7) is -0.785. The molecule has 1 saturated heterocycles. The fourth-order valence-electron chi connectivity index (χ4n) is 3.71. The fraction of sp³-hybridized carbons (Fsp3) is 0.333. The van der Waals surface area contributed by atoms with Crippen molar-refractivity contribution in [3.63, 3.8) is 0 Å². The number of phosphoric ester groups is 1. The van der Waals surface area contributed by atoms with Gasteiger partial charge in [0, 0.05) is 12.0 Å². The lowest BCUT2D eigenvalue weighted by Crippen LogP contribution is -2.31. The minimum Gasteiger partial charge on any atom is -0.497 e. The van der Waals surface area contributed by atoms with Crippen molar-refractivity contribution < 1.29 is 65.5 Å². The second kappa shape index (κ2) is 12.3. The van der Waals surface area contributed by atoms with Gasteiger partial charge in [0.2, 0.25) is 0 Å². The molecular weight excluding hydrogens is 617 g/mol. The second-order valence-corrected chi connectivity index (χ2v) is 12.6. The number of nitrogens with zero attached hydrogens (tertiary/aromatic N) is 4. The van der Waals surface area contributed by atoms with Crippen LogP contribution in [0.25, 0.3) is 11.2 Å². The lowest BCUT2D eigenvalue weighted by Gasteiger charge is -2.20. The van der Waals surface area contributed by atoms with Gasteiger partial charge in [-0.1, -0.05) is 0 Å². The number of hydrogen-bond donors (Lipinski definition) is 6. The van der Waals surface area contributed by atoms with Crippen molar-refractivity contribution in [3.05, 3.63) is 42.5 Å². The molecule has 2 unspecified atom stereocenters. The number of anilines is 1. The first-order valence-electron chi connectivity index (χ1n) is 11.1. The molecule has 5 atom stereocenters. The molecule has 23 heteroatoms. The number of nitrogens with two attached hydrogens (primary N) is 1. The number of amides is 1. The SMILES string of the molecule is COc1ccc(C(=O)Nc2ncnc3c2ncn3[C@H]2C[C@@H](ON)[C@@H](COP(=O)(O)OP(=O)(O)OP(=O)(O)O)O2)cc1. The smallest absolute Gasteiger partial charge is 0.490 e. The van der Waals surface area contributed by atoms with Gasteiger partial charge in [-0.05, 0) is 24.3 Å². The Hall–Kier alpha value is -2.67. The zero-order chi connectivity index (χ0) is 30.0. The lowest BCUT2D eigenvalue weighted by molar-refractivity contribution is -0.0600. The van der Waals surface area contributed by atoms with E-state index in [1.54, 1.807) is 24.3 Å². The maximum atomic E-state index is 12.7. The quantitative estimate of drug-likeness (QED) is 0.119. The highest BCUT2D eigenvalue weighted by atomic mass is 31.3. The van der Waals surface area contributed by atoms with E-state index in [4.69, 9.17) is 30.0 Å². The van der Waals surface area contributed by atoms with Crippen molar-refractivity contribution in [2.45, 2.75) is 24.9 Å². The normalized spacial score (nSPS) is 22.2. The standard InChI is InChI=1S/C18H23N6O14P3/c1-33-11-4-2-10(3-5-11)18(25)23-16-15-17(21-8-20-16)24(9-22-15)14-6-12(36-19)13(35-14)7-34-40(29,30)38-41(31,32)37-39(26,27)28/h2-5,8-9,12-14H,6-7,19H2,1H3,(H,29,30)(H,31,32)(H2,26,27,28)(H,20,21,23,25)/t12-,13-,14-/m1/s1. The Morgan fingerprint density at radius 3 is 2.44 bits per heavy atom. The summed E-state index contributed by atoms with van der Waals surface area (Å²) in [6, 6.07) is 6.36. The molecule has 0 aliphatic carbocycles. The number of carbonyl (C=O) groups excluding carboxylic acids is 1. The molecule has 3 aromatic rings. The Kier molecular flexibility index (Phi) is 9.37. The van der Waals surface area contributed by atoms with Crippen molar-refractivity contribution in [3.8, 4) is 5.75 Å². The van der Waals surface area contributed by atoms with E-state index in [9.17, 15) is 28.3 Å². The van der Waals surface area contributed by atoms with Crippen molar-refractivity contribution in [2.75, 3.05) is 19.0 Å². The third-order valence-corrected chi connectivity index (χ3v) is 9.23. The highest BCUT2D eigenvalue weighted by molar-refractivity contribution is 7.66. The minimum absolute atomic E-state index is 0.0456. The van der Waals surface area contributed by atoms with Gasteiger partial charge in [-0.25, -0.2) is 34.5 Å². The van der Waals surface area contributed by atoms with E-state index in [-0.39, 0.29) is 23.4 Å². The van der Waals surface area contributed by atoms with Gasteiger partial charge in [0.15, 0.2) is 17.0 Å². The number of aromatic nitrogens is 4. The molecule has 1 aliphatic heterocycles. The largest absolute Gasteiger partial charge is 0.497 e. The Balaban J connectivity index is 1.45. The van der Waals surface area contributed by atoms with Crippen molar-refractivity contribution >= 4 is 46.4 Å². The molecule has 4 rings (SSSR count). The highest BCUT2D eigenvalue weighted by Crippen LogP contribution is 2.66. The zero-order valence-corrected chi connectivity index (χ0v) is 23.4. The van der Waals surface area contributed by atoms with Gasteiger partial charge in [0.1, 0.15) is 30.5 Å². The third kappa shape index (κ3) is 8.00. The molecule has 1 fully saturated rings. The van der Waals surface area contributed by atoms with E-state index in [1.165, 1.54) is 24.3 Å². The van der Waals surface area contributed by atoms with E-state index >= 15 is 0 Å². The number of nitrogens with one attached hydrogen (secondary N) is 1. The number of fused-ring (bicyclic) bond motifs is 1. The molecule has 3 heterocycles. The fourth-order valence-corrected chi connectivity index (χ4v) is 6.74. The first-order chi connectivity index (χ1) is 19.2. The minimum atomic E-state index is -5.70. The van der Waals surface area contributed by atoms with Crippen LogP contribution in [0, 0.1) is 0 Å². The molecular formula is C18H23N6O14P3. The Bertz CT molecular complexity index is 1550. The van der Waals surface area contributed by atoms with Gasteiger partial charge < -0.3 is 34.4 Å². The number of phosphoric acid groups is 3. The number of methoxy groups -OCH3 is 1. The predicted molar refractivity (Wildman–Crippen MR) is 134 cm³/mol. The molecule has 7 N–H and O–H groups in total. The molecule has 1 aromatic carbocycles. The van der Waals surface area contributed by atoms with Gasteiger partial charge in [-0.15, -0.1) is 0 Å². The highest BCUT2D eigenvalue weighted by Gasteiger charge is 2.43. The van der Waals surface area contributed by atoms with Crippen LogP contribution in [0.2, 0.25) is 0 Å². The van der Waals surface area contributed by atoms with Gasteiger partial charge >= 0.3 is 23.5 Å². The lowest BCUT2D eigenvalue weighted by atomic mass is 10.2. The van der Waals surface area contributed by atoms with Crippen LogP contribution in [0.1, 0.15) is 23.0 Å². The molecule has 0 saturated carbocycles. The van der Waals surface area contributed by atoms with E-state index < -0.39 is 54.4 Å². The first-order valence-corrected chi connectivity index (χ1v) is 15.6. The molecule has 20 nitrogen and oxygen atoms in total. The van der Waals surface area contributed by atoms with E-state index in [2.05, 4.69) is 33.4 Å². The molecule has 224 valence electrons. The van der Waals surface area contributed by atoms with Gasteiger partial charge in [-0.3, -0.25) is 18.7 Å². The average Bonchev–Trinajstić information content (AvgIpc) is 3.50. The first kappa shape index (κ1) is 31.3. The summed E-state index contributed by atoms with van der Waals surface area (Å²) < 4.78 is 58.6. The molecule has 41 heavy (non-hydrogen) atoms. The molecule has 2 aromatic heterocycles. The number of imidazole rings is 1. The van der Waals surface area contributed by atoms with Crippen LogP contribution in [-0.4, -0.2) is 70.9 Å². The van der Waals surface area contributed by atoms with Gasteiger partial charge in [0.05, 0.1) is 20.0 Å². The Labute approximate surface area is 229 Å². The summed E-state index contributed by atoms with van der Waals surface area (Å²) in [4.78, 5) is 66.3. The molecule has 0 bridgehead atoms. The number of carbonyl (C=O) groups is 1. The Morgan fingerprint density at radius 2 is 1.80 bits per heavy atom. The van der Waals surface area contributed by atoms with Crippen LogP contribution < -0.4 is 16.0 Å². The number of hydrogen-bond acceptors (Lipinski definition) is 14. The second-order valence-electron chi connectivity index (χ2n) is 8.16. The summed E-state index contributed by atoms with van der Waals surface area (Å²) >= 11 is 0. The number of rotatable bonds is 12. The summed E-state index contributed by atoms with van der Waals surface area (Å²) in [5.74, 6) is 5.52. The van der Waals surface area contributed by atoms with Crippen molar-refractivity contribution in [1.29, 1.82) is 0 Å². The van der Waals surface area contributed by atoms with Crippen LogP contribution in [0.5, 0.6) is 5.75 Å². The summed E-state index contributed by atoms with van der Waals surface area (Å²) in [7, 11) is -15.2. The van der Waals surface area contributed by atoms with E-state index in [0.717, 1.165) is 0 Å². The van der Waals surface area contributed by atoms with E-state index in [1.807, 2.05) is 0 Å². The van der Waals surface area contributed by atoms with Crippen LogP contribution in [0.3, 0.4) is 0 Å². The molecule has 0 spiro atoms. The zero-order valence-electron chi connectivity index (χ0n) is 20.7. The van der Waals surface area contributed by atoms with Crippen LogP contribution in [0.4, 0.5) is 5.82 Å².